The second-order valence-electron chi connectivity index (χ2n) is 7.16. The maximum absolute atomic E-state index is 12.7. The van der Waals surface area contributed by atoms with E-state index in [-0.39, 0.29) is 30.1 Å². The number of rotatable bonds is 3. The molecular formula is C18H24N4O3. The Morgan fingerprint density at radius 1 is 1.20 bits per heavy atom. The molecular weight excluding hydrogens is 320 g/mol. The summed E-state index contributed by atoms with van der Waals surface area (Å²) in [4.78, 5) is 35.3. The highest BCUT2D eigenvalue weighted by Crippen LogP contribution is 2.33. The van der Waals surface area contributed by atoms with Crippen LogP contribution in [0.25, 0.3) is 0 Å². The van der Waals surface area contributed by atoms with Crippen molar-refractivity contribution < 1.29 is 14.3 Å². The number of carbonyl (C=O) groups is 2. The molecule has 7 nitrogen and oxygen atoms in total. The first-order chi connectivity index (χ1) is 12.1. The second-order valence-corrected chi connectivity index (χ2v) is 7.16. The van der Waals surface area contributed by atoms with E-state index < -0.39 is 0 Å². The van der Waals surface area contributed by atoms with Gasteiger partial charge in [-0.2, -0.15) is 0 Å². The van der Waals surface area contributed by atoms with Crippen LogP contribution >= 0.6 is 0 Å². The molecule has 4 heterocycles. The van der Waals surface area contributed by atoms with Crippen LogP contribution in [-0.2, 0) is 9.53 Å². The summed E-state index contributed by atoms with van der Waals surface area (Å²) in [7, 11) is 1.63. The van der Waals surface area contributed by atoms with E-state index in [1.165, 1.54) is 4.90 Å². The summed E-state index contributed by atoms with van der Waals surface area (Å²) in [6.45, 7) is 4.16. The fraction of sp³-hybridized carbons (Fsp3) is 0.611. The monoisotopic (exact) mass is 344 g/mol. The Labute approximate surface area is 147 Å². The molecule has 3 aliphatic heterocycles. The Balaban J connectivity index is 1.41. The largest absolute Gasteiger partial charge is 0.380 e. The summed E-state index contributed by atoms with van der Waals surface area (Å²) in [5.74, 6) is 0.920. The topological polar surface area (TPSA) is 66.0 Å². The number of ether oxygens (including phenoxy) is 1. The van der Waals surface area contributed by atoms with Crippen molar-refractivity contribution in [3.63, 3.8) is 0 Å². The van der Waals surface area contributed by atoms with Gasteiger partial charge in [0.25, 0.3) is 5.91 Å². The Morgan fingerprint density at radius 3 is 2.56 bits per heavy atom. The maximum atomic E-state index is 12.7. The molecule has 0 radical (unpaired) electrons. The minimum absolute atomic E-state index is 0.00621. The molecule has 0 aliphatic carbocycles. The summed E-state index contributed by atoms with van der Waals surface area (Å²) < 4.78 is 5.32. The van der Waals surface area contributed by atoms with Crippen LogP contribution in [0.15, 0.2) is 18.3 Å². The smallest absolute Gasteiger partial charge is 0.327 e. The number of piperidine rings is 1. The van der Waals surface area contributed by atoms with Gasteiger partial charge in [0.2, 0.25) is 0 Å². The van der Waals surface area contributed by atoms with Gasteiger partial charge in [0.05, 0.1) is 6.10 Å². The minimum atomic E-state index is -0.325. The summed E-state index contributed by atoms with van der Waals surface area (Å²) in [5, 5.41) is 0. The first-order valence-electron chi connectivity index (χ1n) is 8.92. The van der Waals surface area contributed by atoms with Gasteiger partial charge in [-0.15, -0.1) is 0 Å². The highest BCUT2D eigenvalue weighted by Gasteiger charge is 2.52. The van der Waals surface area contributed by atoms with Crippen molar-refractivity contribution in [3.05, 3.63) is 23.9 Å². The molecule has 1 aromatic heterocycles. The van der Waals surface area contributed by atoms with E-state index in [9.17, 15) is 9.59 Å². The number of imide groups is 1. The van der Waals surface area contributed by atoms with E-state index >= 15 is 0 Å². The maximum Gasteiger partial charge on any atom is 0.327 e. The Morgan fingerprint density at radius 2 is 1.96 bits per heavy atom. The zero-order chi connectivity index (χ0) is 17.6. The molecule has 0 saturated carbocycles. The van der Waals surface area contributed by atoms with Gasteiger partial charge in [-0.1, -0.05) is 6.07 Å². The third-order valence-electron chi connectivity index (χ3n) is 5.62. The van der Waals surface area contributed by atoms with Crippen molar-refractivity contribution in [1.29, 1.82) is 0 Å². The van der Waals surface area contributed by atoms with Gasteiger partial charge < -0.3 is 14.5 Å². The molecule has 0 bridgehead atoms. The van der Waals surface area contributed by atoms with Crippen molar-refractivity contribution >= 4 is 17.8 Å². The lowest BCUT2D eigenvalue weighted by Crippen LogP contribution is -2.49. The van der Waals surface area contributed by atoms with E-state index in [1.807, 2.05) is 19.2 Å². The number of aryl methyl sites for hydroxylation is 1. The van der Waals surface area contributed by atoms with Gasteiger partial charge in [-0.3, -0.25) is 9.69 Å². The van der Waals surface area contributed by atoms with E-state index in [4.69, 9.17) is 4.74 Å². The standard InChI is InChI=1S/C18H24N4O3/c1-12-3-4-16(19-10-12)20-7-5-13(6-8-20)22-17(23)15-9-14(25-2)11-21(15)18(22)24/h3-4,10,13-15H,5-9,11H2,1-2H3/t14-,15+/m1/s1. The fourth-order valence-electron chi connectivity index (χ4n) is 4.14. The molecule has 134 valence electrons. The molecule has 3 aliphatic rings. The highest BCUT2D eigenvalue weighted by molar-refractivity contribution is 6.05. The average molecular weight is 344 g/mol. The lowest BCUT2D eigenvalue weighted by molar-refractivity contribution is -0.130. The van der Waals surface area contributed by atoms with Crippen LogP contribution in [0.5, 0.6) is 0 Å². The van der Waals surface area contributed by atoms with E-state index in [0.29, 0.717) is 13.0 Å². The van der Waals surface area contributed by atoms with Crippen molar-refractivity contribution in [2.24, 2.45) is 0 Å². The van der Waals surface area contributed by atoms with Crippen LogP contribution in [0.4, 0.5) is 10.6 Å². The van der Waals surface area contributed by atoms with Crippen LogP contribution in [0, 0.1) is 6.92 Å². The third kappa shape index (κ3) is 2.76. The predicted molar refractivity (Wildman–Crippen MR) is 92.4 cm³/mol. The molecule has 7 heteroatoms. The number of aromatic nitrogens is 1. The van der Waals surface area contributed by atoms with Crippen molar-refractivity contribution in [1.82, 2.24) is 14.8 Å². The lowest BCUT2D eigenvalue weighted by Gasteiger charge is -2.36. The molecule has 2 atom stereocenters. The Kier molecular flexibility index (Phi) is 4.11. The van der Waals surface area contributed by atoms with Crippen LogP contribution in [-0.4, -0.2) is 71.7 Å². The molecule has 0 N–H and O–H groups in total. The molecule has 0 spiro atoms. The number of fused-ring (bicyclic) bond motifs is 1. The first kappa shape index (κ1) is 16.3. The summed E-state index contributed by atoms with van der Waals surface area (Å²) in [5.41, 5.74) is 1.14. The molecule has 4 rings (SSSR count). The van der Waals surface area contributed by atoms with Crippen molar-refractivity contribution in [2.45, 2.75) is 44.4 Å². The highest BCUT2D eigenvalue weighted by atomic mass is 16.5. The van der Waals surface area contributed by atoms with E-state index in [0.717, 1.165) is 37.3 Å². The molecule has 25 heavy (non-hydrogen) atoms. The number of carbonyl (C=O) groups excluding carboxylic acids is 2. The summed E-state index contributed by atoms with van der Waals surface area (Å²) >= 11 is 0. The van der Waals surface area contributed by atoms with Gasteiger partial charge in [-0.25, -0.2) is 9.78 Å². The SMILES string of the molecule is CO[C@@H]1C[C@H]2C(=O)N(C3CCN(c4ccc(C)cn4)CC3)C(=O)N2C1. The summed E-state index contributed by atoms with van der Waals surface area (Å²) in [6, 6.07) is 3.62. The predicted octanol–water partition coefficient (Wildman–Crippen LogP) is 1.41. The van der Waals surface area contributed by atoms with Crippen LogP contribution in [0.2, 0.25) is 0 Å². The number of hydrogen-bond donors (Lipinski definition) is 0. The van der Waals surface area contributed by atoms with Crippen LogP contribution in [0.3, 0.4) is 0 Å². The van der Waals surface area contributed by atoms with E-state index in [2.05, 4.69) is 16.0 Å². The lowest BCUT2D eigenvalue weighted by atomic mass is 10.0. The number of methoxy groups -OCH3 is 1. The van der Waals surface area contributed by atoms with Gasteiger partial charge in [0, 0.05) is 45.4 Å². The van der Waals surface area contributed by atoms with Crippen LogP contribution in [0.1, 0.15) is 24.8 Å². The quantitative estimate of drug-likeness (QED) is 0.776. The number of urea groups is 1. The third-order valence-corrected chi connectivity index (χ3v) is 5.62. The zero-order valence-electron chi connectivity index (χ0n) is 14.7. The average Bonchev–Trinajstić information content (AvgIpc) is 3.16. The molecule has 3 fully saturated rings. The number of hydrogen-bond acceptors (Lipinski definition) is 5. The molecule has 0 unspecified atom stereocenters. The van der Waals surface area contributed by atoms with Crippen molar-refractivity contribution in [2.75, 3.05) is 31.6 Å². The second kappa shape index (κ2) is 6.29. The normalized spacial score (nSPS) is 27.4. The van der Waals surface area contributed by atoms with E-state index in [1.54, 1.807) is 12.0 Å². The number of nitrogens with zero attached hydrogens (tertiary/aromatic N) is 4. The van der Waals surface area contributed by atoms with Gasteiger partial charge in [0.1, 0.15) is 11.9 Å². The van der Waals surface area contributed by atoms with Crippen molar-refractivity contribution in [3.8, 4) is 0 Å². The van der Waals surface area contributed by atoms with Gasteiger partial charge >= 0.3 is 6.03 Å². The number of amides is 3. The molecule has 1 aromatic rings. The molecule has 3 saturated heterocycles. The number of anilines is 1. The first-order valence-corrected chi connectivity index (χ1v) is 8.92. The van der Waals surface area contributed by atoms with Gasteiger partial charge in [0.15, 0.2) is 0 Å². The Hall–Kier alpha value is -2.15. The number of pyridine rings is 1. The molecule has 0 aromatic carbocycles. The fourth-order valence-corrected chi connectivity index (χ4v) is 4.14. The summed E-state index contributed by atoms with van der Waals surface area (Å²) in [6.07, 6.45) is 4.05. The molecule has 3 amide bonds. The zero-order valence-corrected chi connectivity index (χ0v) is 14.7. The Bertz CT molecular complexity index is 645. The minimum Gasteiger partial charge on any atom is -0.380 e. The van der Waals surface area contributed by atoms with Crippen LogP contribution < -0.4 is 4.90 Å². The van der Waals surface area contributed by atoms with Gasteiger partial charge in [-0.05, 0) is 31.4 Å².